The average Bonchev–Trinajstić information content (AvgIpc) is 3.36. The maximum Gasteiger partial charge on any atom is 0.224 e. The van der Waals surface area contributed by atoms with Crippen LogP contribution < -0.4 is 15.0 Å². The van der Waals surface area contributed by atoms with Gasteiger partial charge in [0.15, 0.2) is 0 Å². The Morgan fingerprint density at radius 1 is 1.21 bits per heavy atom. The minimum Gasteiger partial charge on any atom is -0.497 e. The van der Waals surface area contributed by atoms with Gasteiger partial charge in [0, 0.05) is 58.5 Å². The zero-order chi connectivity index (χ0) is 23.4. The molecule has 1 fully saturated rings. The summed E-state index contributed by atoms with van der Waals surface area (Å²) in [5, 5.41) is 2.81. The first-order valence-electron chi connectivity index (χ1n) is 11.6. The number of rotatable bonds is 8. The molecule has 7 nitrogen and oxygen atoms in total. The molecule has 2 atom stereocenters. The molecule has 0 aromatic heterocycles. The van der Waals surface area contributed by atoms with Crippen molar-refractivity contribution < 1.29 is 14.3 Å². The first-order chi connectivity index (χ1) is 16.0. The molecule has 1 amide bonds. The summed E-state index contributed by atoms with van der Waals surface area (Å²) in [4.78, 5) is 21.9. The van der Waals surface area contributed by atoms with Crippen molar-refractivity contribution in [3.63, 3.8) is 0 Å². The predicted octanol–water partition coefficient (Wildman–Crippen LogP) is 3.41. The van der Waals surface area contributed by atoms with Gasteiger partial charge in [-0.05, 0) is 42.3 Å². The van der Waals surface area contributed by atoms with Crippen molar-refractivity contribution in [1.82, 2.24) is 10.2 Å². The van der Waals surface area contributed by atoms with Crippen LogP contribution in [0.15, 0.2) is 47.5 Å². The topological polar surface area (TPSA) is 66.4 Å². The van der Waals surface area contributed by atoms with Gasteiger partial charge in [0.2, 0.25) is 5.91 Å². The number of likely N-dealkylation sites (N-methyl/N-ethyl adjacent to an activating group) is 1. The molecule has 4 rings (SSSR count). The second kappa shape index (κ2) is 10.4. The molecule has 0 bridgehead atoms. The molecule has 2 aliphatic heterocycles. The summed E-state index contributed by atoms with van der Waals surface area (Å²) < 4.78 is 10.7. The van der Waals surface area contributed by atoms with Crippen LogP contribution in [0, 0.1) is 5.92 Å². The zero-order valence-electron chi connectivity index (χ0n) is 20.0. The van der Waals surface area contributed by atoms with E-state index in [1.165, 1.54) is 5.56 Å². The normalized spacial score (nSPS) is 20.2. The molecule has 2 aliphatic rings. The van der Waals surface area contributed by atoms with Crippen molar-refractivity contribution >= 4 is 23.0 Å². The second-order valence-corrected chi connectivity index (χ2v) is 8.76. The van der Waals surface area contributed by atoms with Gasteiger partial charge in [0.1, 0.15) is 5.75 Å². The highest BCUT2D eigenvalue weighted by Crippen LogP contribution is 2.42. The molecular weight excluding hydrogens is 416 g/mol. The van der Waals surface area contributed by atoms with Crippen molar-refractivity contribution in [3.8, 4) is 5.75 Å². The number of hydrogen-bond acceptors (Lipinski definition) is 6. The van der Waals surface area contributed by atoms with E-state index >= 15 is 0 Å². The lowest BCUT2D eigenvalue weighted by molar-refractivity contribution is -0.124. The Labute approximate surface area is 196 Å². The second-order valence-electron chi connectivity index (χ2n) is 8.76. The lowest BCUT2D eigenvalue weighted by Gasteiger charge is -2.33. The van der Waals surface area contributed by atoms with E-state index in [0.29, 0.717) is 6.61 Å². The summed E-state index contributed by atoms with van der Waals surface area (Å²) in [5.41, 5.74) is 5.49. The third-order valence-electron chi connectivity index (χ3n) is 6.79. The van der Waals surface area contributed by atoms with E-state index in [2.05, 4.69) is 52.5 Å². The lowest BCUT2D eigenvalue weighted by atomic mass is 9.91. The van der Waals surface area contributed by atoms with Gasteiger partial charge in [-0.2, -0.15) is 0 Å². The van der Waals surface area contributed by atoms with Crippen molar-refractivity contribution in [1.29, 1.82) is 0 Å². The minimum atomic E-state index is 0.0425. The third-order valence-corrected chi connectivity index (χ3v) is 6.79. The van der Waals surface area contributed by atoms with Crippen LogP contribution in [0.3, 0.4) is 0 Å². The fourth-order valence-electron chi connectivity index (χ4n) is 4.78. The van der Waals surface area contributed by atoms with Crippen LogP contribution in [0.5, 0.6) is 5.75 Å². The number of carbonyl (C=O) groups excluding carboxylic acids is 1. The number of anilines is 1. The smallest absolute Gasteiger partial charge is 0.224 e. The molecule has 33 heavy (non-hydrogen) atoms. The van der Waals surface area contributed by atoms with Crippen LogP contribution in [0.1, 0.15) is 30.0 Å². The number of ether oxygens (including phenoxy) is 2. The van der Waals surface area contributed by atoms with Crippen LogP contribution in [0.25, 0.3) is 0 Å². The Morgan fingerprint density at radius 2 is 2.00 bits per heavy atom. The van der Waals surface area contributed by atoms with Gasteiger partial charge in [0.05, 0.1) is 31.0 Å². The highest BCUT2D eigenvalue weighted by atomic mass is 16.5. The number of carbonyl (C=O) groups is 1. The molecule has 1 N–H and O–H groups in total. The van der Waals surface area contributed by atoms with Crippen molar-refractivity contribution in [2.75, 3.05) is 59.5 Å². The molecule has 1 unspecified atom stereocenters. The molecule has 0 radical (unpaired) electrons. The summed E-state index contributed by atoms with van der Waals surface area (Å²) >= 11 is 0. The number of hydrogen-bond donors (Lipinski definition) is 1. The number of amides is 1. The molecular formula is C26H34N4O3. The van der Waals surface area contributed by atoms with Gasteiger partial charge < -0.3 is 19.7 Å². The molecule has 0 saturated carbocycles. The molecule has 2 heterocycles. The fourth-order valence-corrected chi connectivity index (χ4v) is 4.78. The van der Waals surface area contributed by atoms with Crippen LogP contribution in [0.2, 0.25) is 0 Å². The van der Waals surface area contributed by atoms with E-state index < -0.39 is 0 Å². The Kier molecular flexibility index (Phi) is 7.30. The number of benzene rings is 2. The van der Waals surface area contributed by atoms with E-state index in [4.69, 9.17) is 14.5 Å². The van der Waals surface area contributed by atoms with Gasteiger partial charge >= 0.3 is 0 Å². The third kappa shape index (κ3) is 5.04. The minimum absolute atomic E-state index is 0.0425. The van der Waals surface area contributed by atoms with Crippen molar-refractivity contribution in [3.05, 3.63) is 53.6 Å². The standard InChI is InChI=1S/C26H34N4O3/c1-27-26(31)19-11-12-30(17-19)25-16-23(28-24-15-21(33-4)9-10-22(24)25)18-5-7-20(8-6-18)29(2)13-14-32-3/h5-10,15,19,25H,11-14,16-17H2,1-4H3,(H,27,31)/t19-,25?/m0/s1. The van der Waals surface area contributed by atoms with Gasteiger partial charge in [-0.3, -0.25) is 14.7 Å². The van der Waals surface area contributed by atoms with E-state index in [9.17, 15) is 4.79 Å². The van der Waals surface area contributed by atoms with E-state index in [1.807, 2.05) is 12.1 Å². The van der Waals surface area contributed by atoms with Crippen LogP contribution in [-0.2, 0) is 9.53 Å². The maximum absolute atomic E-state index is 12.2. The van der Waals surface area contributed by atoms with Crippen molar-refractivity contribution in [2.24, 2.45) is 10.9 Å². The van der Waals surface area contributed by atoms with Crippen LogP contribution in [-0.4, -0.2) is 71.1 Å². The highest BCUT2D eigenvalue weighted by molar-refractivity contribution is 6.04. The van der Waals surface area contributed by atoms with Gasteiger partial charge in [-0.15, -0.1) is 0 Å². The molecule has 2 aromatic rings. The summed E-state index contributed by atoms with van der Waals surface area (Å²) in [5.74, 6) is 0.976. The Morgan fingerprint density at radius 3 is 2.70 bits per heavy atom. The average molecular weight is 451 g/mol. The molecule has 0 spiro atoms. The highest BCUT2D eigenvalue weighted by Gasteiger charge is 2.35. The fraction of sp³-hybridized carbons (Fsp3) is 0.462. The quantitative estimate of drug-likeness (QED) is 0.668. The largest absolute Gasteiger partial charge is 0.497 e. The Balaban J connectivity index is 1.61. The molecule has 2 aromatic carbocycles. The van der Waals surface area contributed by atoms with E-state index in [0.717, 1.165) is 60.9 Å². The number of nitrogens with zero attached hydrogens (tertiary/aromatic N) is 3. The molecule has 176 valence electrons. The number of likely N-dealkylation sites (tertiary alicyclic amines) is 1. The number of fused-ring (bicyclic) bond motifs is 1. The SMILES string of the molecule is CNC(=O)[C@H]1CCN(C2CC(c3ccc(N(C)CCOC)cc3)=Nc3cc(OC)ccc32)C1. The van der Waals surface area contributed by atoms with E-state index in [1.54, 1.807) is 21.3 Å². The maximum atomic E-state index is 12.2. The molecule has 1 saturated heterocycles. The Bertz CT molecular complexity index is 1010. The van der Waals surface area contributed by atoms with Crippen molar-refractivity contribution in [2.45, 2.75) is 18.9 Å². The summed E-state index contributed by atoms with van der Waals surface area (Å²) in [6.45, 7) is 3.21. The zero-order valence-corrected chi connectivity index (χ0v) is 20.0. The summed E-state index contributed by atoms with van der Waals surface area (Å²) in [6.07, 6.45) is 1.70. The van der Waals surface area contributed by atoms with Crippen LogP contribution in [0.4, 0.5) is 11.4 Å². The van der Waals surface area contributed by atoms with Gasteiger partial charge in [-0.25, -0.2) is 0 Å². The van der Waals surface area contributed by atoms with Gasteiger partial charge in [0.25, 0.3) is 0 Å². The summed E-state index contributed by atoms with van der Waals surface area (Å²) in [7, 11) is 7.19. The first-order valence-corrected chi connectivity index (χ1v) is 11.6. The monoisotopic (exact) mass is 450 g/mol. The van der Waals surface area contributed by atoms with Crippen LogP contribution >= 0.6 is 0 Å². The number of aliphatic imine (C=N–C) groups is 1. The molecule has 0 aliphatic carbocycles. The predicted molar refractivity (Wildman–Crippen MR) is 132 cm³/mol. The summed E-state index contributed by atoms with van der Waals surface area (Å²) in [6, 6.07) is 14.9. The van der Waals surface area contributed by atoms with Gasteiger partial charge in [-0.1, -0.05) is 18.2 Å². The number of nitrogens with one attached hydrogen (secondary N) is 1. The number of methoxy groups -OCH3 is 2. The first kappa shape index (κ1) is 23.3. The van der Waals surface area contributed by atoms with E-state index in [-0.39, 0.29) is 17.9 Å². The Hall–Kier alpha value is -2.90. The molecule has 7 heteroatoms. The lowest BCUT2D eigenvalue weighted by Crippen LogP contribution is -2.33.